The summed E-state index contributed by atoms with van der Waals surface area (Å²) in [6, 6.07) is 0.0157. The molecule has 1 saturated heterocycles. The van der Waals surface area contributed by atoms with Crippen molar-refractivity contribution in [2.45, 2.75) is 70.3 Å². The smallest absolute Gasteiger partial charge is 0.356 e. The number of alkyl halides is 3. The minimum Gasteiger partial charge on any atom is -0.356 e. The summed E-state index contributed by atoms with van der Waals surface area (Å²) in [5.74, 6) is -0.104. The molecule has 1 unspecified atom stereocenters. The molecule has 10 heteroatoms. The number of rotatable bonds is 3. The van der Waals surface area contributed by atoms with Gasteiger partial charge in [0.15, 0.2) is 0 Å². The molecule has 0 aliphatic carbocycles. The highest BCUT2D eigenvalue weighted by Gasteiger charge is 2.41. The number of piperidine rings is 1. The first kappa shape index (κ1) is 22.6. The van der Waals surface area contributed by atoms with Gasteiger partial charge < -0.3 is 20.5 Å². The molecule has 0 spiro atoms. The number of aromatic amines is 1. The number of carbonyl (C=O) groups excluding carboxylic acids is 1. The molecule has 4 heterocycles. The van der Waals surface area contributed by atoms with Gasteiger partial charge in [0.2, 0.25) is 5.95 Å². The second kappa shape index (κ2) is 7.47. The Morgan fingerprint density at radius 3 is 2.59 bits per heavy atom. The van der Waals surface area contributed by atoms with Crippen LogP contribution < -0.4 is 10.6 Å². The molecule has 2 aromatic rings. The monoisotopic (exact) mass is 450 g/mol. The molecule has 0 bridgehead atoms. The Morgan fingerprint density at radius 2 is 1.97 bits per heavy atom. The van der Waals surface area contributed by atoms with Gasteiger partial charge in [0.25, 0.3) is 5.91 Å². The zero-order valence-electron chi connectivity index (χ0n) is 18.9. The van der Waals surface area contributed by atoms with Crippen molar-refractivity contribution >= 4 is 11.9 Å². The van der Waals surface area contributed by atoms with Crippen LogP contribution in [0.5, 0.6) is 0 Å². The molecule has 0 radical (unpaired) electrons. The van der Waals surface area contributed by atoms with Crippen LogP contribution in [-0.4, -0.2) is 56.5 Å². The zero-order valence-corrected chi connectivity index (χ0v) is 18.9. The highest BCUT2D eigenvalue weighted by atomic mass is 19.4. The molecule has 2 aliphatic heterocycles. The van der Waals surface area contributed by atoms with Crippen LogP contribution in [0.25, 0.3) is 11.3 Å². The molecule has 3 N–H and O–H groups in total. The van der Waals surface area contributed by atoms with E-state index >= 15 is 0 Å². The minimum atomic E-state index is -4.63. The molecule has 7 nitrogen and oxygen atoms in total. The topological polar surface area (TPSA) is 85.9 Å². The Bertz CT molecular complexity index is 1030. The van der Waals surface area contributed by atoms with Crippen LogP contribution in [0.15, 0.2) is 12.4 Å². The predicted octanol–water partition coefficient (Wildman–Crippen LogP) is 3.84. The Hall–Kier alpha value is -2.62. The SMILES string of the molecule is CN1C(=O)c2[nH]cc(-c3nc(NC4CCC(C)(C)NC4)ncc3C(F)(F)F)c2CC1(C)C. The number of halogens is 3. The molecule has 0 aromatic carbocycles. The van der Waals surface area contributed by atoms with Gasteiger partial charge in [-0.15, -0.1) is 0 Å². The molecule has 1 atom stereocenters. The Labute approximate surface area is 185 Å². The van der Waals surface area contributed by atoms with E-state index in [-0.39, 0.29) is 34.7 Å². The summed E-state index contributed by atoms with van der Waals surface area (Å²) in [4.78, 5) is 25.5. The van der Waals surface area contributed by atoms with Gasteiger partial charge in [-0.25, -0.2) is 9.97 Å². The number of fused-ring (bicyclic) bond motifs is 1. The maximum atomic E-state index is 13.8. The lowest BCUT2D eigenvalue weighted by Crippen LogP contribution is -2.50. The first-order valence-electron chi connectivity index (χ1n) is 10.7. The third kappa shape index (κ3) is 4.07. The van der Waals surface area contributed by atoms with Crippen LogP contribution in [0.1, 0.15) is 62.2 Å². The predicted molar refractivity (Wildman–Crippen MR) is 115 cm³/mol. The molecular weight excluding hydrogens is 421 g/mol. The van der Waals surface area contributed by atoms with E-state index in [0.29, 0.717) is 24.2 Å². The van der Waals surface area contributed by atoms with Gasteiger partial charge in [-0.05, 0) is 52.5 Å². The fourth-order valence-electron chi connectivity index (χ4n) is 4.33. The van der Waals surface area contributed by atoms with Crippen molar-refractivity contribution in [1.82, 2.24) is 25.2 Å². The van der Waals surface area contributed by atoms with Gasteiger partial charge in [-0.2, -0.15) is 13.2 Å². The van der Waals surface area contributed by atoms with Crippen LogP contribution in [0.4, 0.5) is 19.1 Å². The minimum absolute atomic E-state index is 0.0157. The van der Waals surface area contributed by atoms with Crippen molar-refractivity contribution in [3.05, 3.63) is 29.2 Å². The number of nitrogens with one attached hydrogen (secondary N) is 3. The van der Waals surface area contributed by atoms with E-state index < -0.39 is 17.3 Å². The van der Waals surface area contributed by atoms with Gasteiger partial charge in [0.1, 0.15) is 11.3 Å². The van der Waals surface area contributed by atoms with Crippen molar-refractivity contribution in [2.24, 2.45) is 0 Å². The summed E-state index contributed by atoms with van der Waals surface area (Å²) in [7, 11) is 1.69. The zero-order chi connectivity index (χ0) is 23.5. The summed E-state index contributed by atoms with van der Waals surface area (Å²) >= 11 is 0. The summed E-state index contributed by atoms with van der Waals surface area (Å²) in [6.07, 6.45) is -0.160. The summed E-state index contributed by atoms with van der Waals surface area (Å²) in [6.45, 7) is 8.68. The van der Waals surface area contributed by atoms with Gasteiger partial charge in [-0.1, -0.05) is 0 Å². The number of aromatic nitrogens is 3. The molecule has 1 amide bonds. The highest BCUT2D eigenvalue weighted by Crippen LogP contribution is 2.41. The van der Waals surface area contributed by atoms with Crippen LogP contribution in [0, 0.1) is 0 Å². The van der Waals surface area contributed by atoms with Crippen molar-refractivity contribution in [1.29, 1.82) is 0 Å². The molecule has 0 saturated carbocycles. The quantitative estimate of drug-likeness (QED) is 0.662. The average molecular weight is 451 g/mol. The maximum Gasteiger partial charge on any atom is 0.419 e. The Kier molecular flexibility index (Phi) is 5.27. The summed E-state index contributed by atoms with van der Waals surface area (Å²) < 4.78 is 41.5. The van der Waals surface area contributed by atoms with E-state index in [4.69, 9.17) is 0 Å². The maximum absolute atomic E-state index is 13.8. The lowest BCUT2D eigenvalue weighted by molar-refractivity contribution is -0.137. The Morgan fingerprint density at radius 1 is 1.25 bits per heavy atom. The fourth-order valence-corrected chi connectivity index (χ4v) is 4.33. The summed E-state index contributed by atoms with van der Waals surface area (Å²) in [5.41, 5.74) is -0.497. The number of nitrogens with zero attached hydrogens (tertiary/aromatic N) is 3. The first-order chi connectivity index (χ1) is 14.8. The summed E-state index contributed by atoms with van der Waals surface area (Å²) in [5, 5.41) is 6.59. The van der Waals surface area contributed by atoms with E-state index in [1.807, 2.05) is 13.8 Å². The number of hydrogen-bond acceptors (Lipinski definition) is 5. The number of H-pyrrole nitrogens is 1. The highest BCUT2D eigenvalue weighted by molar-refractivity contribution is 5.98. The van der Waals surface area contributed by atoms with Crippen molar-refractivity contribution in [3.8, 4) is 11.3 Å². The fraction of sp³-hybridized carbons (Fsp3) is 0.591. The molecule has 32 heavy (non-hydrogen) atoms. The third-order valence-electron chi connectivity index (χ3n) is 6.65. The molecule has 1 fully saturated rings. The molecule has 174 valence electrons. The van der Waals surface area contributed by atoms with Gasteiger partial charge >= 0.3 is 6.18 Å². The van der Waals surface area contributed by atoms with Gasteiger partial charge in [0, 0.05) is 48.7 Å². The second-order valence-corrected chi connectivity index (χ2v) is 10.0. The van der Waals surface area contributed by atoms with Crippen LogP contribution in [-0.2, 0) is 12.6 Å². The first-order valence-corrected chi connectivity index (χ1v) is 10.7. The van der Waals surface area contributed by atoms with Crippen LogP contribution in [0.3, 0.4) is 0 Å². The van der Waals surface area contributed by atoms with Crippen molar-refractivity contribution in [2.75, 3.05) is 18.9 Å². The van der Waals surface area contributed by atoms with E-state index in [2.05, 4.69) is 39.4 Å². The normalized spacial score (nSPS) is 22.6. The standard InChI is InChI=1S/C22H29F3N6O/c1-20(2)7-6-12(9-28-20)29-19-27-11-15(22(23,24)25)16(30-19)14-10-26-17-13(14)8-21(3,4)31(5)18(17)32/h10-12,26,28H,6-9H2,1-5H3,(H,27,29,30). The van der Waals surface area contributed by atoms with Crippen molar-refractivity contribution < 1.29 is 18.0 Å². The Balaban J connectivity index is 1.73. The van der Waals surface area contributed by atoms with Crippen molar-refractivity contribution in [3.63, 3.8) is 0 Å². The van der Waals surface area contributed by atoms with Gasteiger partial charge in [0.05, 0.1) is 5.69 Å². The third-order valence-corrected chi connectivity index (χ3v) is 6.65. The second-order valence-electron chi connectivity index (χ2n) is 10.0. The molecule has 2 aliphatic rings. The number of carbonyl (C=O) groups is 1. The molecule has 4 rings (SSSR count). The van der Waals surface area contributed by atoms with E-state index in [1.165, 1.54) is 6.20 Å². The van der Waals surface area contributed by atoms with E-state index in [0.717, 1.165) is 19.0 Å². The number of anilines is 1. The van der Waals surface area contributed by atoms with E-state index in [1.54, 1.807) is 11.9 Å². The van der Waals surface area contributed by atoms with Crippen LogP contribution >= 0.6 is 0 Å². The number of likely N-dealkylation sites (N-methyl/N-ethyl adjacent to an activating group) is 1. The molecular formula is C22H29F3N6O. The van der Waals surface area contributed by atoms with Crippen LogP contribution in [0.2, 0.25) is 0 Å². The lowest BCUT2D eigenvalue weighted by atomic mass is 9.86. The number of amides is 1. The molecule has 2 aromatic heterocycles. The average Bonchev–Trinajstić information content (AvgIpc) is 3.10. The van der Waals surface area contributed by atoms with Gasteiger partial charge in [-0.3, -0.25) is 4.79 Å². The lowest BCUT2D eigenvalue weighted by Gasteiger charge is -2.39. The van der Waals surface area contributed by atoms with E-state index in [9.17, 15) is 18.0 Å². The number of hydrogen-bond donors (Lipinski definition) is 3. The largest absolute Gasteiger partial charge is 0.419 e.